The van der Waals surface area contributed by atoms with Crippen LogP contribution in [0.15, 0.2) is 30.3 Å². The van der Waals surface area contributed by atoms with Crippen LogP contribution in [-0.4, -0.2) is 54.9 Å². The van der Waals surface area contributed by atoms with Crippen LogP contribution in [0.4, 0.5) is 0 Å². The highest BCUT2D eigenvalue weighted by molar-refractivity contribution is 6.04. The van der Waals surface area contributed by atoms with Gasteiger partial charge in [0.25, 0.3) is 5.91 Å². The summed E-state index contributed by atoms with van der Waals surface area (Å²) in [6, 6.07) is 9.43. The highest BCUT2D eigenvalue weighted by Crippen LogP contribution is 2.11. The van der Waals surface area contributed by atoms with E-state index in [1.165, 1.54) is 0 Å². The molecular weight excluding hydrogens is 228 g/mol. The van der Waals surface area contributed by atoms with Crippen LogP contribution in [0.2, 0.25) is 0 Å². The summed E-state index contributed by atoms with van der Waals surface area (Å²) in [6.45, 7) is 1.59. The fourth-order valence-corrected chi connectivity index (χ4v) is 1.81. The summed E-state index contributed by atoms with van der Waals surface area (Å²) in [5.41, 5.74) is 0.576. The van der Waals surface area contributed by atoms with Gasteiger partial charge in [0, 0.05) is 24.7 Å². The molecule has 0 bridgehead atoms. The average molecular weight is 246 g/mol. The zero-order valence-corrected chi connectivity index (χ0v) is 10.7. The maximum Gasteiger partial charge on any atom is 0.257 e. The molecule has 96 valence electrons. The molecule has 1 aromatic carbocycles. The lowest BCUT2D eigenvalue weighted by atomic mass is 10.1. The summed E-state index contributed by atoms with van der Waals surface area (Å²) in [7, 11) is 4.04. The maximum absolute atomic E-state index is 11.8. The molecule has 2 rings (SSSR count). The van der Waals surface area contributed by atoms with E-state index in [0.29, 0.717) is 11.6 Å². The Bertz CT molecular complexity index is 438. The molecule has 5 nitrogen and oxygen atoms in total. The summed E-state index contributed by atoms with van der Waals surface area (Å²) in [4.78, 5) is 15.8. The van der Waals surface area contributed by atoms with Gasteiger partial charge in [-0.2, -0.15) is 0 Å². The largest absolute Gasteiger partial charge is 0.340 e. The molecular formula is C13H18N4O. The standard InChI is InChI=1S/C13H18N4O/c1-16(2)11-8-17(9-11)13(14)15-12(18)10-6-4-3-5-7-10/h3-7,11H,8-9H2,1-2H3,(H2,14,15,18). The van der Waals surface area contributed by atoms with Gasteiger partial charge in [-0.05, 0) is 26.2 Å². The van der Waals surface area contributed by atoms with Crippen molar-refractivity contribution in [2.75, 3.05) is 27.2 Å². The Morgan fingerprint density at radius 3 is 2.50 bits per heavy atom. The number of guanidine groups is 1. The molecule has 1 amide bonds. The fraction of sp³-hybridized carbons (Fsp3) is 0.385. The van der Waals surface area contributed by atoms with Crippen molar-refractivity contribution in [3.05, 3.63) is 35.9 Å². The molecule has 0 spiro atoms. The quantitative estimate of drug-likeness (QED) is 0.593. The van der Waals surface area contributed by atoms with E-state index in [1.54, 1.807) is 12.1 Å². The smallest absolute Gasteiger partial charge is 0.257 e. The summed E-state index contributed by atoms with van der Waals surface area (Å²) in [5, 5.41) is 10.4. The molecule has 0 aromatic heterocycles. The number of amides is 1. The number of hydrogen-bond donors (Lipinski definition) is 2. The minimum Gasteiger partial charge on any atom is -0.340 e. The minimum absolute atomic E-state index is 0.182. The Morgan fingerprint density at radius 1 is 1.33 bits per heavy atom. The van der Waals surface area contributed by atoms with Crippen LogP contribution in [0.25, 0.3) is 0 Å². The number of nitrogens with zero attached hydrogens (tertiary/aromatic N) is 2. The van der Waals surface area contributed by atoms with Gasteiger partial charge in [-0.1, -0.05) is 18.2 Å². The second kappa shape index (κ2) is 5.18. The molecule has 0 aliphatic carbocycles. The van der Waals surface area contributed by atoms with Gasteiger partial charge in [0.15, 0.2) is 5.96 Å². The first kappa shape index (κ1) is 12.6. The topological polar surface area (TPSA) is 59.4 Å². The van der Waals surface area contributed by atoms with Gasteiger partial charge in [-0.3, -0.25) is 15.5 Å². The highest BCUT2D eigenvalue weighted by Gasteiger charge is 2.30. The van der Waals surface area contributed by atoms with Crippen LogP contribution < -0.4 is 5.32 Å². The fourth-order valence-electron chi connectivity index (χ4n) is 1.81. The first-order valence-electron chi connectivity index (χ1n) is 5.94. The number of likely N-dealkylation sites (N-methyl/N-ethyl adjacent to an activating group) is 1. The van der Waals surface area contributed by atoms with Crippen LogP contribution >= 0.6 is 0 Å². The van der Waals surface area contributed by atoms with Gasteiger partial charge in [0.1, 0.15) is 0 Å². The molecule has 18 heavy (non-hydrogen) atoms. The molecule has 1 aromatic rings. The van der Waals surface area contributed by atoms with E-state index in [-0.39, 0.29) is 11.9 Å². The van der Waals surface area contributed by atoms with Crippen molar-refractivity contribution in [1.82, 2.24) is 15.1 Å². The number of likely N-dealkylation sites (tertiary alicyclic amines) is 1. The lowest BCUT2D eigenvalue weighted by Gasteiger charge is -2.43. The van der Waals surface area contributed by atoms with E-state index in [9.17, 15) is 4.79 Å². The third-order valence-corrected chi connectivity index (χ3v) is 3.18. The monoisotopic (exact) mass is 246 g/mol. The van der Waals surface area contributed by atoms with Crippen LogP contribution in [0.3, 0.4) is 0 Å². The van der Waals surface area contributed by atoms with Crippen molar-refractivity contribution in [1.29, 1.82) is 5.41 Å². The van der Waals surface area contributed by atoms with Crippen molar-refractivity contribution in [2.45, 2.75) is 6.04 Å². The van der Waals surface area contributed by atoms with Gasteiger partial charge in [0.05, 0.1) is 0 Å². The van der Waals surface area contributed by atoms with Gasteiger partial charge in [-0.25, -0.2) is 0 Å². The number of hydrogen-bond acceptors (Lipinski definition) is 3. The Balaban J connectivity index is 1.84. The van der Waals surface area contributed by atoms with Crippen molar-refractivity contribution in [2.24, 2.45) is 0 Å². The molecule has 2 N–H and O–H groups in total. The third-order valence-electron chi connectivity index (χ3n) is 3.18. The first-order valence-corrected chi connectivity index (χ1v) is 5.94. The lowest BCUT2D eigenvalue weighted by Crippen LogP contribution is -2.62. The normalized spacial score (nSPS) is 15.4. The van der Waals surface area contributed by atoms with Crippen LogP contribution in [0.1, 0.15) is 10.4 Å². The molecule has 1 aliphatic rings. The molecule has 1 heterocycles. The van der Waals surface area contributed by atoms with Gasteiger partial charge in [-0.15, -0.1) is 0 Å². The predicted molar refractivity (Wildman–Crippen MR) is 70.7 cm³/mol. The summed E-state index contributed by atoms with van der Waals surface area (Å²) < 4.78 is 0. The minimum atomic E-state index is -0.228. The van der Waals surface area contributed by atoms with Crippen molar-refractivity contribution < 1.29 is 4.79 Å². The number of benzene rings is 1. The number of carbonyl (C=O) groups is 1. The third kappa shape index (κ3) is 2.68. The van der Waals surface area contributed by atoms with Crippen molar-refractivity contribution >= 4 is 11.9 Å². The van der Waals surface area contributed by atoms with E-state index in [4.69, 9.17) is 5.41 Å². The number of rotatable bonds is 2. The Hall–Kier alpha value is -1.88. The Kier molecular flexibility index (Phi) is 3.62. The highest BCUT2D eigenvalue weighted by atomic mass is 16.1. The molecule has 1 fully saturated rings. The number of carbonyl (C=O) groups excluding carboxylic acids is 1. The second-order valence-corrected chi connectivity index (χ2v) is 4.69. The molecule has 0 atom stereocenters. The summed E-state index contributed by atoms with van der Waals surface area (Å²) in [6.07, 6.45) is 0. The van der Waals surface area contributed by atoms with E-state index in [0.717, 1.165) is 13.1 Å². The van der Waals surface area contributed by atoms with Crippen molar-refractivity contribution in [3.8, 4) is 0 Å². The maximum atomic E-state index is 11.8. The lowest BCUT2D eigenvalue weighted by molar-refractivity contribution is 0.0942. The van der Waals surface area contributed by atoms with Crippen molar-refractivity contribution in [3.63, 3.8) is 0 Å². The van der Waals surface area contributed by atoms with Crippen LogP contribution in [0, 0.1) is 5.41 Å². The summed E-state index contributed by atoms with van der Waals surface area (Å²) >= 11 is 0. The molecule has 0 unspecified atom stereocenters. The van der Waals surface area contributed by atoms with E-state index >= 15 is 0 Å². The second-order valence-electron chi connectivity index (χ2n) is 4.69. The first-order chi connectivity index (χ1) is 8.58. The molecule has 1 saturated heterocycles. The predicted octanol–water partition coefficient (Wildman–Crippen LogP) is 0.597. The van der Waals surface area contributed by atoms with Crippen LogP contribution in [-0.2, 0) is 0 Å². The average Bonchev–Trinajstić information content (AvgIpc) is 2.27. The molecule has 1 aliphatic heterocycles. The van der Waals surface area contributed by atoms with Gasteiger partial charge in [0.2, 0.25) is 0 Å². The van der Waals surface area contributed by atoms with Gasteiger partial charge < -0.3 is 9.80 Å². The zero-order chi connectivity index (χ0) is 13.1. The number of nitrogens with one attached hydrogen (secondary N) is 2. The van der Waals surface area contributed by atoms with Crippen LogP contribution in [0.5, 0.6) is 0 Å². The SMILES string of the molecule is CN(C)C1CN(C(=N)NC(=O)c2ccccc2)C1. The van der Waals surface area contributed by atoms with Gasteiger partial charge >= 0.3 is 0 Å². The van der Waals surface area contributed by atoms with E-state index < -0.39 is 0 Å². The van der Waals surface area contributed by atoms with E-state index in [2.05, 4.69) is 10.2 Å². The summed E-state index contributed by atoms with van der Waals surface area (Å²) in [5.74, 6) is -0.0455. The Morgan fingerprint density at radius 2 is 1.94 bits per heavy atom. The Labute approximate surface area is 107 Å². The molecule has 5 heteroatoms. The van der Waals surface area contributed by atoms with E-state index in [1.807, 2.05) is 37.2 Å². The molecule has 0 saturated carbocycles. The molecule has 0 radical (unpaired) electrons. The zero-order valence-electron chi connectivity index (χ0n) is 10.7.